The van der Waals surface area contributed by atoms with Gasteiger partial charge in [0.25, 0.3) is 5.91 Å². The molecule has 2 saturated heterocycles. The average Bonchev–Trinajstić information content (AvgIpc) is 2.61. The molecule has 0 radical (unpaired) electrons. The van der Waals surface area contributed by atoms with E-state index in [-0.39, 0.29) is 28.3 Å². The third-order valence-electron chi connectivity index (χ3n) is 5.01. The Morgan fingerprint density at radius 3 is 2.52 bits per heavy atom. The summed E-state index contributed by atoms with van der Waals surface area (Å²) in [4.78, 5) is 28.6. The maximum absolute atomic E-state index is 13.9. The zero-order chi connectivity index (χ0) is 18.0. The maximum Gasteiger partial charge on any atom is 0.256 e. The molecule has 0 bridgehead atoms. The van der Waals surface area contributed by atoms with Crippen molar-refractivity contribution in [1.29, 1.82) is 0 Å². The lowest BCUT2D eigenvalue weighted by atomic mass is 9.92. The highest BCUT2D eigenvalue weighted by Crippen LogP contribution is 2.21. The number of nitrogens with one attached hydrogen (secondary N) is 1. The Labute approximate surface area is 152 Å². The summed E-state index contributed by atoms with van der Waals surface area (Å²) in [5.74, 6) is -0.721. The van der Waals surface area contributed by atoms with Crippen molar-refractivity contribution in [2.24, 2.45) is 5.92 Å². The average molecular weight is 368 g/mol. The van der Waals surface area contributed by atoms with Crippen LogP contribution >= 0.6 is 11.6 Å². The van der Waals surface area contributed by atoms with Crippen LogP contribution < -0.4 is 5.32 Å². The Balaban J connectivity index is 1.58. The smallest absolute Gasteiger partial charge is 0.256 e. The van der Waals surface area contributed by atoms with Crippen LogP contribution in [0.1, 0.15) is 30.1 Å². The number of rotatable bonds is 2. The van der Waals surface area contributed by atoms with E-state index in [1.165, 1.54) is 12.1 Å². The first-order valence-electron chi connectivity index (χ1n) is 8.72. The van der Waals surface area contributed by atoms with Gasteiger partial charge < -0.3 is 15.1 Å². The predicted octanol–water partition coefficient (Wildman–Crippen LogP) is 2.15. The summed E-state index contributed by atoms with van der Waals surface area (Å²) >= 11 is 5.73. The van der Waals surface area contributed by atoms with Crippen LogP contribution in [-0.2, 0) is 4.79 Å². The van der Waals surface area contributed by atoms with Crippen LogP contribution in [0.3, 0.4) is 0 Å². The van der Waals surface area contributed by atoms with Crippen LogP contribution in [-0.4, -0.2) is 60.4 Å². The number of amides is 2. The summed E-state index contributed by atoms with van der Waals surface area (Å²) in [7, 11) is 0. The quantitative estimate of drug-likeness (QED) is 0.871. The third kappa shape index (κ3) is 4.12. The predicted molar refractivity (Wildman–Crippen MR) is 94.1 cm³/mol. The van der Waals surface area contributed by atoms with Crippen molar-refractivity contribution in [3.63, 3.8) is 0 Å². The Morgan fingerprint density at radius 1 is 1.20 bits per heavy atom. The topological polar surface area (TPSA) is 52.7 Å². The number of benzene rings is 1. The van der Waals surface area contributed by atoms with Crippen LogP contribution in [0.25, 0.3) is 0 Å². The van der Waals surface area contributed by atoms with Gasteiger partial charge in [-0.15, -0.1) is 0 Å². The van der Waals surface area contributed by atoms with Crippen molar-refractivity contribution < 1.29 is 14.0 Å². The van der Waals surface area contributed by atoms with Crippen LogP contribution in [0.4, 0.5) is 4.39 Å². The van der Waals surface area contributed by atoms with Gasteiger partial charge in [-0.2, -0.15) is 0 Å². The molecule has 0 aliphatic carbocycles. The molecule has 0 aromatic heterocycles. The Bertz CT molecular complexity index is 662. The van der Waals surface area contributed by atoms with E-state index in [0.717, 1.165) is 25.5 Å². The molecule has 5 nitrogen and oxygen atoms in total. The number of piperazine rings is 1. The molecular formula is C18H23ClFN3O2. The fourth-order valence-electron chi connectivity index (χ4n) is 3.58. The lowest BCUT2D eigenvalue weighted by molar-refractivity contribution is -0.138. The maximum atomic E-state index is 13.9. The first kappa shape index (κ1) is 18.1. The van der Waals surface area contributed by atoms with E-state index in [0.29, 0.717) is 32.2 Å². The lowest BCUT2D eigenvalue weighted by Gasteiger charge is -2.38. The zero-order valence-electron chi connectivity index (χ0n) is 14.3. The van der Waals surface area contributed by atoms with E-state index in [1.54, 1.807) is 4.90 Å². The second kappa shape index (κ2) is 7.70. The van der Waals surface area contributed by atoms with Crippen molar-refractivity contribution in [2.75, 3.05) is 32.7 Å². The van der Waals surface area contributed by atoms with Crippen molar-refractivity contribution in [2.45, 2.75) is 25.8 Å². The van der Waals surface area contributed by atoms with Gasteiger partial charge in [-0.25, -0.2) is 4.39 Å². The largest absolute Gasteiger partial charge is 0.339 e. The number of hydrogen-bond donors (Lipinski definition) is 1. The van der Waals surface area contributed by atoms with Crippen LogP contribution in [0.2, 0.25) is 5.02 Å². The fraction of sp³-hybridized carbons (Fsp3) is 0.556. The SMILES string of the molecule is C[C@H]1C[C@@H](C(=O)N2CCN(C(=O)c3ccc(Cl)cc3F)CC2)CCN1. The Kier molecular flexibility index (Phi) is 5.59. The van der Waals surface area contributed by atoms with Gasteiger partial charge in [0.2, 0.25) is 5.91 Å². The summed E-state index contributed by atoms with van der Waals surface area (Å²) in [6.07, 6.45) is 1.71. The number of carbonyl (C=O) groups excluding carboxylic acids is 2. The number of piperidine rings is 1. The number of carbonyl (C=O) groups is 2. The van der Waals surface area contributed by atoms with Crippen molar-refractivity contribution in [1.82, 2.24) is 15.1 Å². The molecule has 3 rings (SSSR count). The standard InChI is InChI=1S/C18H23ClFN3O2/c1-12-10-13(4-5-21-12)17(24)22-6-8-23(9-7-22)18(25)15-3-2-14(19)11-16(15)20/h2-3,11-13,21H,4-10H2,1H3/t12-,13-/m0/s1. The number of hydrogen-bond acceptors (Lipinski definition) is 3. The Morgan fingerprint density at radius 2 is 1.88 bits per heavy atom. The first-order chi connectivity index (χ1) is 12.0. The van der Waals surface area contributed by atoms with Crippen molar-refractivity contribution in [3.05, 3.63) is 34.6 Å². The van der Waals surface area contributed by atoms with Gasteiger partial charge in [0.1, 0.15) is 5.82 Å². The molecule has 0 unspecified atom stereocenters. The van der Waals surface area contributed by atoms with Crippen LogP contribution in [0.15, 0.2) is 18.2 Å². The molecule has 2 fully saturated rings. The van der Waals surface area contributed by atoms with Crippen molar-refractivity contribution in [3.8, 4) is 0 Å². The molecule has 136 valence electrons. The van der Waals surface area contributed by atoms with Gasteiger partial charge >= 0.3 is 0 Å². The second-order valence-electron chi connectivity index (χ2n) is 6.82. The van der Waals surface area contributed by atoms with Crippen molar-refractivity contribution >= 4 is 23.4 Å². The molecule has 2 aliphatic heterocycles. The van der Waals surface area contributed by atoms with E-state index in [1.807, 2.05) is 4.90 Å². The second-order valence-corrected chi connectivity index (χ2v) is 7.25. The molecular weight excluding hydrogens is 345 g/mol. The van der Waals surface area contributed by atoms with Gasteiger partial charge in [-0.3, -0.25) is 9.59 Å². The lowest BCUT2D eigenvalue weighted by Crippen LogP contribution is -2.53. The van der Waals surface area contributed by atoms with Gasteiger partial charge in [0.05, 0.1) is 5.56 Å². The summed E-state index contributed by atoms with van der Waals surface area (Å²) < 4.78 is 13.9. The monoisotopic (exact) mass is 367 g/mol. The molecule has 1 aromatic rings. The summed E-state index contributed by atoms with van der Waals surface area (Å²) in [6.45, 7) is 4.80. The van der Waals surface area contributed by atoms with E-state index < -0.39 is 5.82 Å². The van der Waals surface area contributed by atoms with E-state index in [4.69, 9.17) is 11.6 Å². The molecule has 2 atom stereocenters. The molecule has 7 heteroatoms. The Hall–Kier alpha value is -1.66. The number of halogens is 2. The summed E-state index contributed by atoms with van der Waals surface area (Å²) in [5.41, 5.74) is 0.0244. The zero-order valence-corrected chi connectivity index (χ0v) is 15.1. The molecule has 1 N–H and O–H groups in total. The van der Waals surface area contributed by atoms with Gasteiger partial charge in [-0.1, -0.05) is 11.6 Å². The molecule has 2 amide bonds. The molecule has 1 aromatic carbocycles. The molecule has 2 heterocycles. The van der Waals surface area contributed by atoms with Gasteiger partial charge in [0.15, 0.2) is 0 Å². The summed E-state index contributed by atoms with van der Waals surface area (Å²) in [5, 5.41) is 3.62. The van der Waals surface area contributed by atoms with E-state index >= 15 is 0 Å². The highest BCUT2D eigenvalue weighted by atomic mass is 35.5. The van der Waals surface area contributed by atoms with E-state index in [2.05, 4.69) is 12.2 Å². The highest BCUT2D eigenvalue weighted by molar-refractivity contribution is 6.30. The summed E-state index contributed by atoms with van der Waals surface area (Å²) in [6, 6.07) is 4.43. The molecule has 0 saturated carbocycles. The van der Waals surface area contributed by atoms with Crippen LogP contribution in [0.5, 0.6) is 0 Å². The normalized spacial score (nSPS) is 24.3. The fourth-order valence-corrected chi connectivity index (χ4v) is 3.74. The van der Waals surface area contributed by atoms with Gasteiger partial charge in [0, 0.05) is 43.2 Å². The molecule has 25 heavy (non-hydrogen) atoms. The molecule has 2 aliphatic rings. The third-order valence-corrected chi connectivity index (χ3v) is 5.25. The van der Waals surface area contributed by atoms with Gasteiger partial charge in [-0.05, 0) is 44.5 Å². The minimum absolute atomic E-state index is 0.0244. The van der Waals surface area contributed by atoms with Crippen LogP contribution in [0, 0.1) is 11.7 Å². The minimum atomic E-state index is -0.611. The number of nitrogens with zero attached hydrogens (tertiary/aromatic N) is 2. The first-order valence-corrected chi connectivity index (χ1v) is 9.10. The van der Waals surface area contributed by atoms with E-state index in [9.17, 15) is 14.0 Å². The highest BCUT2D eigenvalue weighted by Gasteiger charge is 2.31. The minimum Gasteiger partial charge on any atom is -0.339 e. The molecule has 0 spiro atoms.